The number of likely N-dealkylation sites (N-methyl/N-ethyl adjacent to an activating group) is 1. The average molecular weight is 311 g/mol. The maximum absolute atomic E-state index is 11.5. The normalized spacial score (nSPS) is 11.3. The van der Waals surface area contributed by atoms with E-state index in [-0.39, 0.29) is 12.5 Å². The number of thiazole rings is 1. The molecule has 0 spiro atoms. The van der Waals surface area contributed by atoms with Crippen molar-refractivity contribution in [2.75, 3.05) is 33.7 Å². The van der Waals surface area contributed by atoms with Gasteiger partial charge >= 0.3 is 0 Å². The first kappa shape index (κ1) is 17.4. The lowest BCUT2D eigenvalue weighted by molar-refractivity contribution is -0.127. The van der Waals surface area contributed by atoms with E-state index in [9.17, 15) is 4.79 Å². The van der Waals surface area contributed by atoms with Gasteiger partial charge in [-0.15, -0.1) is 11.3 Å². The first-order valence-corrected chi connectivity index (χ1v) is 8.04. The number of aryl methyl sites for hydroxylation is 1. The van der Waals surface area contributed by atoms with Gasteiger partial charge < -0.3 is 15.5 Å². The predicted octanol–water partition coefficient (Wildman–Crippen LogP) is 0.891. The Morgan fingerprint density at radius 3 is 2.71 bits per heavy atom. The number of nitrogens with zero attached hydrogens (tertiary/aromatic N) is 3. The van der Waals surface area contributed by atoms with E-state index in [0.717, 1.165) is 30.9 Å². The molecule has 0 aromatic carbocycles. The van der Waals surface area contributed by atoms with Crippen LogP contribution in [-0.4, -0.2) is 55.5 Å². The molecule has 0 atom stereocenters. The van der Waals surface area contributed by atoms with Crippen molar-refractivity contribution in [3.8, 4) is 0 Å². The molecule has 0 unspecified atom stereocenters. The highest BCUT2D eigenvalue weighted by atomic mass is 32.1. The maximum atomic E-state index is 11.5. The molecule has 21 heavy (non-hydrogen) atoms. The molecule has 6 nitrogen and oxygen atoms in total. The van der Waals surface area contributed by atoms with Crippen LogP contribution in [0.3, 0.4) is 0 Å². The number of hydrogen-bond donors (Lipinski definition) is 2. The molecule has 1 amide bonds. The molecule has 7 heteroatoms. The molecule has 0 aliphatic carbocycles. The van der Waals surface area contributed by atoms with Crippen molar-refractivity contribution in [2.24, 2.45) is 4.99 Å². The summed E-state index contributed by atoms with van der Waals surface area (Å²) in [7, 11) is 3.46. The topological polar surface area (TPSA) is 69.6 Å². The van der Waals surface area contributed by atoms with Gasteiger partial charge in [0.15, 0.2) is 5.96 Å². The Morgan fingerprint density at radius 1 is 1.38 bits per heavy atom. The summed E-state index contributed by atoms with van der Waals surface area (Å²) < 4.78 is 0. The van der Waals surface area contributed by atoms with Crippen LogP contribution in [0.4, 0.5) is 0 Å². The van der Waals surface area contributed by atoms with Crippen molar-refractivity contribution in [2.45, 2.75) is 26.7 Å². The Balaban J connectivity index is 2.43. The SMILES string of the molecule is CCNC(=NCC(=O)N(C)C)NCCc1ncc(CC)s1. The highest BCUT2D eigenvalue weighted by Crippen LogP contribution is 2.13. The fourth-order valence-electron chi connectivity index (χ4n) is 1.54. The molecule has 0 radical (unpaired) electrons. The van der Waals surface area contributed by atoms with Crippen LogP contribution in [-0.2, 0) is 17.6 Å². The van der Waals surface area contributed by atoms with E-state index in [2.05, 4.69) is 27.5 Å². The second kappa shape index (κ2) is 9.33. The van der Waals surface area contributed by atoms with E-state index >= 15 is 0 Å². The van der Waals surface area contributed by atoms with Gasteiger partial charge in [0, 0.05) is 44.7 Å². The zero-order valence-corrected chi connectivity index (χ0v) is 14.1. The van der Waals surface area contributed by atoms with Gasteiger partial charge in [0.2, 0.25) is 5.91 Å². The Bertz CT molecular complexity index is 470. The van der Waals surface area contributed by atoms with Gasteiger partial charge in [-0.05, 0) is 13.3 Å². The molecule has 0 bridgehead atoms. The van der Waals surface area contributed by atoms with Crippen LogP contribution in [0.2, 0.25) is 0 Å². The van der Waals surface area contributed by atoms with Crippen LogP contribution in [0.1, 0.15) is 23.7 Å². The van der Waals surface area contributed by atoms with Crippen molar-refractivity contribution in [3.05, 3.63) is 16.1 Å². The second-order valence-electron chi connectivity index (χ2n) is 4.73. The fourth-order valence-corrected chi connectivity index (χ4v) is 2.41. The molecule has 0 aliphatic rings. The molecule has 0 saturated heterocycles. The van der Waals surface area contributed by atoms with Gasteiger partial charge in [-0.3, -0.25) is 4.79 Å². The van der Waals surface area contributed by atoms with Gasteiger partial charge in [-0.25, -0.2) is 9.98 Å². The third kappa shape index (κ3) is 6.57. The van der Waals surface area contributed by atoms with Gasteiger partial charge in [-0.2, -0.15) is 0 Å². The van der Waals surface area contributed by atoms with Crippen molar-refractivity contribution < 1.29 is 4.79 Å². The van der Waals surface area contributed by atoms with Gasteiger partial charge in [0.1, 0.15) is 6.54 Å². The Kier molecular flexibility index (Phi) is 7.74. The first-order chi connectivity index (χ1) is 10.1. The standard InChI is InChI=1S/C14H25N5OS/c1-5-11-9-17-12(21-11)7-8-16-14(15-6-2)18-10-13(20)19(3)4/h9H,5-8,10H2,1-4H3,(H2,15,16,18). The molecule has 1 aromatic rings. The van der Waals surface area contributed by atoms with E-state index in [0.29, 0.717) is 5.96 Å². The van der Waals surface area contributed by atoms with Gasteiger partial charge in [0.05, 0.1) is 5.01 Å². The minimum absolute atomic E-state index is 0.0142. The number of guanidine groups is 1. The summed E-state index contributed by atoms with van der Waals surface area (Å²) in [6, 6.07) is 0. The van der Waals surface area contributed by atoms with E-state index in [1.165, 1.54) is 9.78 Å². The van der Waals surface area contributed by atoms with Crippen molar-refractivity contribution >= 4 is 23.2 Å². The zero-order chi connectivity index (χ0) is 15.7. The highest BCUT2D eigenvalue weighted by Gasteiger charge is 2.05. The third-order valence-corrected chi connectivity index (χ3v) is 4.00. The van der Waals surface area contributed by atoms with E-state index in [1.807, 2.05) is 13.1 Å². The van der Waals surface area contributed by atoms with E-state index < -0.39 is 0 Å². The number of carbonyl (C=O) groups is 1. The molecule has 118 valence electrons. The number of rotatable bonds is 7. The lowest BCUT2D eigenvalue weighted by Gasteiger charge is -2.12. The Labute approximate surface area is 130 Å². The molecule has 0 saturated carbocycles. The molecule has 1 rings (SSSR count). The smallest absolute Gasteiger partial charge is 0.243 e. The minimum atomic E-state index is -0.0142. The highest BCUT2D eigenvalue weighted by molar-refractivity contribution is 7.11. The van der Waals surface area contributed by atoms with Gasteiger partial charge in [0.25, 0.3) is 0 Å². The number of amides is 1. The minimum Gasteiger partial charge on any atom is -0.357 e. The van der Waals surface area contributed by atoms with Crippen molar-refractivity contribution in [1.82, 2.24) is 20.5 Å². The Morgan fingerprint density at radius 2 is 2.14 bits per heavy atom. The van der Waals surface area contributed by atoms with Crippen molar-refractivity contribution in [1.29, 1.82) is 0 Å². The number of carbonyl (C=O) groups excluding carboxylic acids is 1. The zero-order valence-electron chi connectivity index (χ0n) is 13.3. The number of hydrogen-bond acceptors (Lipinski definition) is 4. The predicted molar refractivity (Wildman–Crippen MR) is 87.9 cm³/mol. The molecule has 0 fully saturated rings. The van der Waals surface area contributed by atoms with E-state index in [4.69, 9.17) is 0 Å². The lowest BCUT2D eigenvalue weighted by Crippen LogP contribution is -2.39. The molecule has 2 N–H and O–H groups in total. The summed E-state index contributed by atoms with van der Waals surface area (Å²) in [5.74, 6) is 0.652. The lowest BCUT2D eigenvalue weighted by atomic mass is 10.4. The molecule has 1 heterocycles. The summed E-state index contributed by atoms with van der Waals surface area (Å²) >= 11 is 1.75. The summed E-state index contributed by atoms with van der Waals surface area (Å²) in [6.45, 7) is 5.80. The maximum Gasteiger partial charge on any atom is 0.243 e. The molecule has 1 aromatic heterocycles. The summed E-state index contributed by atoms with van der Waals surface area (Å²) in [6.07, 6.45) is 3.83. The quantitative estimate of drug-likeness (QED) is 0.580. The molecule has 0 aliphatic heterocycles. The number of aromatic nitrogens is 1. The second-order valence-corrected chi connectivity index (χ2v) is 5.93. The summed E-state index contributed by atoms with van der Waals surface area (Å²) in [5, 5.41) is 7.48. The monoisotopic (exact) mass is 311 g/mol. The average Bonchev–Trinajstić information content (AvgIpc) is 2.92. The molecular formula is C14H25N5OS. The fraction of sp³-hybridized carbons (Fsp3) is 0.643. The number of aliphatic imine (C=N–C) groups is 1. The van der Waals surface area contributed by atoms with Gasteiger partial charge in [-0.1, -0.05) is 6.92 Å². The van der Waals surface area contributed by atoms with Crippen molar-refractivity contribution in [3.63, 3.8) is 0 Å². The largest absolute Gasteiger partial charge is 0.357 e. The Hall–Kier alpha value is -1.63. The van der Waals surface area contributed by atoms with E-state index in [1.54, 1.807) is 25.4 Å². The summed E-state index contributed by atoms with van der Waals surface area (Å²) in [5.41, 5.74) is 0. The first-order valence-electron chi connectivity index (χ1n) is 7.22. The summed E-state index contributed by atoms with van der Waals surface area (Å²) in [4.78, 5) is 23.0. The van der Waals surface area contributed by atoms with Crippen LogP contribution in [0.25, 0.3) is 0 Å². The van der Waals surface area contributed by atoms with Crippen LogP contribution < -0.4 is 10.6 Å². The van der Waals surface area contributed by atoms with Crippen LogP contribution in [0.15, 0.2) is 11.2 Å². The van der Waals surface area contributed by atoms with Crippen LogP contribution in [0.5, 0.6) is 0 Å². The van der Waals surface area contributed by atoms with Crippen LogP contribution in [0, 0.1) is 0 Å². The third-order valence-electron chi connectivity index (χ3n) is 2.80. The van der Waals surface area contributed by atoms with Crippen LogP contribution >= 0.6 is 11.3 Å². The molecular weight excluding hydrogens is 286 g/mol. The number of nitrogens with one attached hydrogen (secondary N) is 2.